The Kier molecular flexibility index (Phi) is 9.87. The smallest absolute Gasteiger partial charge is 0.303 e. The highest BCUT2D eigenvalue weighted by molar-refractivity contribution is 5.94. The van der Waals surface area contributed by atoms with Gasteiger partial charge in [-0.1, -0.05) is 36.4 Å². The molecular formula is C29H38N2O7. The molecular weight excluding hydrogens is 488 g/mol. The van der Waals surface area contributed by atoms with Crippen LogP contribution in [0.15, 0.2) is 48.5 Å². The molecule has 2 saturated heterocycles. The number of hydrogen-bond donors (Lipinski definition) is 2. The fourth-order valence-electron chi connectivity index (χ4n) is 5.08. The van der Waals surface area contributed by atoms with Crippen molar-refractivity contribution in [1.82, 2.24) is 4.90 Å². The lowest BCUT2D eigenvalue weighted by Crippen LogP contribution is -2.42. The normalized spacial score (nSPS) is 24.6. The number of carbonyl (C=O) groups excluding carboxylic acids is 2. The molecule has 2 aliphatic heterocycles. The minimum absolute atomic E-state index is 0.00143. The molecule has 5 atom stereocenters. The SMILES string of the molecule is COC[C@@H]1CCCN1C[C@@H]1C[C@H](c2ccc(CO)cc2)O[C@H](c2ccc(NC(=O)[C@H](C)OC(C)=O)cc2)O1. The molecule has 0 unspecified atom stereocenters. The van der Waals surface area contributed by atoms with Crippen LogP contribution in [-0.2, 0) is 35.1 Å². The van der Waals surface area contributed by atoms with Gasteiger partial charge in [-0.05, 0) is 49.6 Å². The van der Waals surface area contributed by atoms with Crippen LogP contribution in [0.3, 0.4) is 0 Å². The lowest BCUT2D eigenvalue weighted by Gasteiger charge is -2.38. The van der Waals surface area contributed by atoms with Crippen LogP contribution in [0.1, 0.15) is 62.2 Å². The number of carbonyl (C=O) groups is 2. The monoisotopic (exact) mass is 526 g/mol. The summed E-state index contributed by atoms with van der Waals surface area (Å²) in [6, 6.07) is 15.5. The Hall–Kier alpha value is -2.82. The molecule has 2 heterocycles. The Balaban J connectivity index is 1.48. The molecule has 0 spiro atoms. The van der Waals surface area contributed by atoms with Crippen LogP contribution in [-0.4, -0.2) is 66.9 Å². The summed E-state index contributed by atoms with van der Waals surface area (Å²) < 4.78 is 23.3. The van der Waals surface area contributed by atoms with Gasteiger partial charge < -0.3 is 29.4 Å². The van der Waals surface area contributed by atoms with Crippen molar-refractivity contribution in [3.63, 3.8) is 0 Å². The number of aliphatic hydroxyl groups excluding tert-OH is 1. The van der Waals surface area contributed by atoms with E-state index in [0.717, 1.165) is 42.6 Å². The van der Waals surface area contributed by atoms with Gasteiger partial charge in [0.05, 0.1) is 25.4 Å². The van der Waals surface area contributed by atoms with Crippen molar-refractivity contribution in [3.05, 3.63) is 65.2 Å². The quantitative estimate of drug-likeness (QED) is 0.451. The van der Waals surface area contributed by atoms with E-state index in [9.17, 15) is 14.7 Å². The van der Waals surface area contributed by atoms with Crippen LogP contribution in [0, 0.1) is 0 Å². The number of rotatable bonds is 10. The summed E-state index contributed by atoms with van der Waals surface area (Å²) in [7, 11) is 1.74. The second-order valence-electron chi connectivity index (χ2n) is 9.96. The number of amides is 1. The van der Waals surface area contributed by atoms with Crippen LogP contribution >= 0.6 is 0 Å². The highest BCUT2D eigenvalue weighted by Gasteiger charge is 2.35. The first kappa shape index (κ1) is 28.2. The third-order valence-electron chi connectivity index (χ3n) is 7.07. The number of methoxy groups -OCH3 is 1. The zero-order chi connectivity index (χ0) is 27.1. The summed E-state index contributed by atoms with van der Waals surface area (Å²) in [4.78, 5) is 25.9. The van der Waals surface area contributed by atoms with Crippen molar-refractivity contribution >= 4 is 17.6 Å². The number of benzene rings is 2. The fraction of sp³-hybridized carbons (Fsp3) is 0.517. The van der Waals surface area contributed by atoms with Gasteiger partial charge in [-0.2, -0.15) is 0 Å². The Morgan fingerprint density at radius 2 is 1.82 bits per heavy atom. The molecule has 2 aromatic carbocycles. The largest absolute Gasteiger partial charge is 0.453 e. The van der Waals surface area contributed by atoms with E-state index >= 15 is 0 Å². The van der Waals surface area contributed by atoms with Gasteiger partial charge in [-0.15, -0.1) is 0 Å². The molecule has 9 heteroatoms. The van der Waals surface area contributed by atoms with Crippen LogP contribution < -0.4 is 5.32 Å². The van der Waals surface area contributed by atoms with Crippen molar-refractivity contribution in [1.29, 1.82) is 0 Å². The Morgan fingerprint density at radius 1 is 1.11 bits per heavy atom. The number of aliphatic hydroxyl groups is 1. The average molecular weight is 527 g/mol. The summed E-state index contributed by atoms with van der Waals surface area (Å²) in [6.45, 7) is 5.32. The molecule has 1 amide bonds. The van der Waals surface area contributed by atoms with E-state index in [1.54, 1.807) is 19.2 Å². The number of hydrogen-bond acceptors (Lipinski definition) is 8. The predicted octanol–water partition coefficient (Wildman–Crippen LogP) is 3.73. The van der Waals surface area contributed by atoms with Crippen LogP contribution in [0.2, 0.25) is 0 Å². The Labute approximate surface area is 224 Å². The lowest BCUT2D eigenvalue weighted by atomic mass is 9.99. The van der Waals surface area contributed by atoms with Gasteiger partial charge in [-0.25, -0.2) is 0 Å². The molecule has 0 aromatic heterocycles. The summed E-state index contributed by atoms with van der Waals surface area (Å²) in [5, 5.41) is 12.2. The topological polar surface area (TPSA) is 107 Å². The van der Waals surface area contributed by atoms with E-state index < -0.39 is 24.3 Å². The maximum Gasteiger partial charge on any atom is 0.303 e. The maximum atomic E-state index is 12.3. The van der Waals surface area contributed by atoms with Crippen LogP contribution in [0.4, 0.5) is 5.69 Å². The van der Waals surface area contributed by atoms with E-state index in [2.05, 4.69) is 10.2 Å². The Bertz CT molecular complexity index is 1060. The summed E-state index contributed by atoms with van der Waals surface area (Å²) in [6.07, 6.45) is 1.31. The molecule has 0 bridgehead atoms. The highest BCUT2D eigenvalue weighted by atomic mass is 16.7. The second-order valence-corrected chi connectivity index (χ2v) is 9.96. The van der Waals surface area contributed by atoms with Gasteiger partial charge in [0.15, 0.2) is 12.4 Å². The molecule has 2 fully saturated rings. The van der Waals surface area contributed by atoms with E-state index in [4.69, 9.17) is 18.9 Å². The van der Waals surface area contributed by atoms with E-state index in [0.29, 0.717) is 24.8 Å². The van der Waals surface area contributed by atoms with Gasteiger partial charge in [0, 0.05) is 44.3 Å². The molecule has 2 N–H and O–H groups in total. The van der Waals surface area contributed by atoms with Crippen molar-refractivity contribution in [2.45, 2.75) is 70.4 Å². The minimum Gasteiger partial charge on any atom is -0.453 e. The molecule has 2 aromatic rings. The summed E-state index contributed by atoms with van der Waals surface area (Å²) in [5.74, 6) is -0.909. The van der Waals surface area contributed by atoms with Crippen molar-refractivity contribution in [2.75, 3.05) is 32.1 Å². The molecule has 9 nitrogen and oxygen atoms in total. The predicted molar refractivity (Wildman–Crippen MR) is 141 cm³/mol. The molecule has 38 heavy (non-hydrogen) atoms. The molecule has 0 aliphatic carbocycles. The van der Waals surface area contributed by atoms with Crippen molar-refractivity contribution < 1.29 is 33.6 Å². The molecule has 206 valence electrons. The molecule has 2 aliphatic rings. The highest BCUT2D eigenvalue weighted by Crippen LogP contribution is 2.39. The first-order valence-corrected chi connectivity index (χ1v) is 13.2. The average Bonchev–Trinajstić information content (AvgIpc) is 3.35. The van der Waals surface area contributed by atoms with Gasteiger partial charge >= 0.3 is 5.97 Å². The van der Waals surface area contributed by atoms with Crippen molar-refractivity contribution in [3.8, 4) is 0 Å². The zero-order valence-electron chi connectivity index (χ0n) is 22.3. The second kappa shape index (κ2) is 13.3. The summed E-state index contributed by atoms with van der Waals surface area (Å²) >= 11 is 0. The van der Waals surface area contributed by atoms with Gasteiger partial charge in [-0.3, -0.25) is 14.5 Å². The third kappa shape index (κ3) is 7.39. The number of anilines is 1. The van der Waals surface area contributed by atoms with Gasteiger partial charge in [0.2, 0.25) is 0 Å². The minimum atomic E-state index is -0.886. The molecule has 0 radical (unpaired) electrons. The molecule has 4 rings (SSSR count). The zero-order valence-corrected chi connectivity index (χ0v) is 22.3. The number of nitrogens with zero attached hydrogens (tertiary/aromatic N) is 1. The van der Waals surface area contributed by atoms with Crippen molar-refractivity contribution in [2.24, 2.45) is 0 Å². The van der Waals surface area contributed by atoms with E-state index in [-0.39, 0.29) is 18.8 Å². The Morgan fingerprint density at radius 3 is 2.47 bits per heavy atom. The van der Waals surface area contributed by atoms with E-state index in [1.165, 1.54) is 13.8 Å². The number of likely N-dealkylation sites (tertiary alicyclic amines) is 1. The number of esters is 1. The standard InChI is InChI=1S/C29H38N2O7/c1-19(36-20(2)33)28(34)30-24-12-10-23(11-13-24)29-37-26(16-31-14-4-5-25(31)18-35-3)15-27(38-29)22-8-6-21(17-32)7-9-22/h6-13,19,25-27,29,32H,4-5,14-18H2,1-3H3,(H,30,34)/t19-,25-,26-,27+,29+/m0/s1. The number of nitrogens with one attached hydrogen (secondary N) is 1. The first-order valence-electron chi connectivity index (χ1n) is 13.2. The fourth-order valence-corrected chi connectivity index (χ4v) is 5.08. The van der Waals surface area contributed by atoms with Gasteiger partial charge in [0.25, 0.3) is 5.91 Å². The van der Waals surface area contributed by atoms with Crippen LogP contribution in [0.5, 0.6) is 0 Å². The first-order chi connectivity index (χ1) is 18.4. The lowest BCUT2D eigenvalue weighted by molar-refractivity contribution is -0.253. The summed E-state index contributed by atoms with van der Waals surface area (Å²) in [5.41, 5.74) is 3.32. The van der Waals surface area contributed by atoms with Crippen LogP contribution in [0.25, 0.3) is 0 Å². The van der Waals surface area contributed by atoms with E-state index in [1.807, 2.05) is 36.4 Å². The molecule has 0 saturated carbocycles. The number of ether oxygens (including phenoxy) is 4. The third-order valence-corrected chi connectivity index (χ3v) is 7.07. The van der Waals surface area contributed by atoms with Gasteiger partial charge in [0.1, 0.15) is 0 Å². The maximum absolute atomic E-state index is 12.3.